The molecule has 1 fully saturated rings. The van der Waals surface area contributed by atoms with Gasteiger partial charge in [0.05, 0.1) is 23.7 Å². The molecule has 6 nitrogen and oxygen atoms in total. The van der Waals surface area contributed by atoms with Crippen LogP contribution in [0.4, 0.5) is 0 Å². The van der Waals surface area contributed by atoms with Crippen molar-refractivity contribution < 1.29 is 9.21 Å². The molecule has 1 aliphatic carbocycles. The van der Waals surface area contributed by atoms with Crippen molar-refractivity contribution in [2.45, 2.75) is 52.0 Å². The summed E-state index contributed by atoms with van der Waals surface area (Å²) in [4.78, 5) is 14.4. The SMILES string of the molecule is CCCN(CC(=O)NCC1CCCCC1)Cc1nnc(-c2ccccc2Cl)o1. The van der Waals surface area contributed by atoms with E-state index < -0.39 is 0 Å². The smallest absolute Gasteiger partial charge is 0.249 e. The average Bonchev–Trinajstić information content (AvgIpc) is 3.16. The molecule has 1 aliphatic rings. The number of benzene rings is 1. The van der Waals surface area contributed by atoms with Gasteiger partial charge in [-0.25, -0.2) is 0 Å². The summed E-state index contributed by atoms with van der Waals surface area (Å²) in [5, 5.41) is 11.9. The van der Waals surface area contributed by atoms with E-state index >= 15 is 0 Å². The molecule has 7 heteroatoms. The predicted molar refractivity (Wildman–Crippen MR) is 110 cm³/mol. The summed E-state index contributed by atoms with van der Waals surface area (Å²) in [6, 6.07) is 7.38. The minimum Gasteiger partial charge on any atom is -0.419 e. The third-order valence-corrected chi connectivity index (χ3v) is 5.48. The van der Waals surface area contributed by atoms with E-state index in [1.807, 2.05) is 23.1 Å². The van der Waals surface area contributed by atoms with Gasteiger partial charge in [0.1, 0.15) is 0 Å². The Labute approximate surface area is 171 Å². The third-order valence-electron chi connectivity index (χ3n) is 5.15. The van der Waals surface area contributed by atoms with Crippen LogP contribution in [0.3, 0.4) is 0 Å². The van der Waals surface area contributed by atoms with E-state index in [2.05, 4.69) is 22.4 Å². The Kier molecular flexibility index (Phi) is 7.86. The second-order valence-electron chi connectivity index (χ2n) is 7.50. The first kappa shape index (κ1) is 20.8. The predicted octanol–water partition coefficient (Wildman–Crippen LogP) is 4.30. The molecule has 1 aromatic heterocycles. The van der Waals surface area contributed by atoms with Crippen LogP contribution in [0.5, 0.6) is 0 Å². The van der Waals surface area contributed by atoms with Gasteiger partial charge in [0.25, 0.3) is 0 Å². The standard InChI is InChI=1S/C21H29ClN4O2/c1-2-12-26(14-19(27)23-13-16-8-4-3-5-9-16)15-20-24-25-21(28-20)17-10-6-7-11-18(17)22/h6-7,10-11,16H,2-5,8-9,12-15H2,1H3,(H,23,27). The summed E-state index contributed by atoms with van der Waals surface area (Å²) >= 11 is 6.20. The Morgan fingerprint density at radius 3 is 2.79 bits per heavy atom. The summed E-state index contributed by atoms with van der Waals surface area (Å²) in [5.41, 5.74) is 0.718. The molecule has 1 heterocycles. The highest BCUT2D eigenvalue weighted by Crippen LogP contribution is 2.26. The monoisotopic (exact) mass is 404 g/mol. The lowest BCUT2D eigenvalue weighted by atomic mass is 9.89. The van der Waals surface area contributed by atoms with Gasteiger partial charge in [-0.2, -0.15) is 0 Å². The van der Waals surface area contributed by atoms with Crippen LogP contribution in [0.2, 0.25) is 5.02 Å². The van der Waals surface area contributed by atoms with Gasteiger partial charge in [0, 0.05) is 6.54 Å². The average molecular weight is 405 g/mol. The maximum atomic E-state index is 12.4. The van der Waals surface area contributed by atoms with Gasteiger partial charge in [-0.1, -0.05) is 49.9 Å². The second-order valence-corrected chi connectivity index (χ2v) is 7.91. The lowest BCUT2D eigenvalue weighted by molar-refractivity contribution is -0.122. The van der Waals surface area contributed by atoms with Gasteiger partial charge in [-0.15, -0.1) is 10.2 Å². The van der Waals surface area contributed by atoms with Crippen LogP contribution in [-0.4, -0.2) is 40.6 Å². The molecule has 0 radical (unpaired) electrons. The fourth-order valence-electron chi connectivity index (χ4n) is 3.69. The van der Waals surface area contributed by atoms with E-state index in [1.54, 1.807) is 6.07 Å². The van der Waals surface area contributed by atoms with Crippen LogP contribution in [0.1, 0.15) is 51.3 Å². The zero-order valence-corrected chi connectivity index (χ0v) is 17.2. The van der Waals surface area contributed by atoms with Crippen molar-refractivity contribution in [2.75, 3.05) is 19.6 Å². The Hall–Kier alpha value is -1.92. The Bertz CT molecular complexity index is 758. The molecule has 0 saturated heterocycles. The van der Waals surface area contributed by atoms with Crippen LogP contribution < -0.4 is 5.32 Å². The number of amides is 1. The lowest BCUT2D eigenvalue weighted by Gasteiger charge is -2.23. The molecule has 1 saturated carbocycles. The quantitative estimate of drug-likeness (QED) is 0.674. The van der Waals surface area contributed by atoms with E-state index in [1.165, 1.54) is 32.1 Å². The van der Waals surface area contributed by atoms with Gasteiger partial charge >= 0.3 is 0 Å². The fourth-order valence-corrected chi connectivity index (χ4v) is 3.91. The highest BCUT2D eigenvalue weighted by Gasteiger charge is 2.18. The fraction of sp³-hybridized carbons (Fsp3) is 0.571. The van der Waals surface area contributed by atoms with E-state index in [9.17, 15) is 4.79 Å². The minimum absolute atomic E-state index is 0.0601. The maximum Gasteiger partial charge on any atom is 0.249 e. The molecule has 0 atom stereocenters. The zero-order chi connectivity index (χ0) is 19.8. The first-order chi connectivity index (χ1) is 13.7. The van der Waals surface area contributed by atoms with Crippen molar-refractivity contribution >= 4 is 17.5 Å². The maximum absolute atomic E-state index is 12.4. The zero-order valence-electron chi connectivity index (χ0n) is 16.5. The van der Waals surface area contributed by atoms with Gasteiger partial charge in [0.15, 0.2) is 0 Å². The van der Waals surface area contributed by atoms with E-state index in [-0.39, 0.29) is 5.91 Å². The number of hydrogen-bond donors (Lipinski definition) is 1. The number of carbonyl (C=O) groups excluding carboxylic acids is 1. The summed E-state index contributed by atoms with van der Waals surface area (Å²) in [7, 11) is 0. The molecular weight excluding hydrogens is 376 g/mol. The molecule has 0 bridgehead atoms. The Morgan fingerprint density at radius 1 is 1.25 bits per heavy atom. The van der Waals surface area contributed by atoms with Crippen molar-refractivity contribution in [2.24, 2.45) is 5.92 Å². The number of halogens is 1. The topological polar surface area (TPSA) is 71.3 Å². The van der Waals surface area contributed by atoms with E-state index in [4.69, 9.17) is 16.0 Å². The number of hydrogen-bond acceptors (Lipinski definition) is 5. The van der Waals surface area contributed by atoms with Gasteiger partial charge in [0.2, 0.25) is 17.7 Å². The summed E-state index contributed by atoms with van der Waals surface area (Å²) < 4.78 is 5.78. The summed E-state index contributed by atoms with van der Waals surface area (Å²) in [5.74, 6) is 1.58. The molecule has 28 heavy (non-hydrogen) atoms. The molecular formula is C21H29ClN4O2. The van der Waals surface area contributed by atoms with Crippen LogP contribution in [0.25, 0.3) is 11.5 Å². The summed E-state index contributed by atoms with van der Waals surface area (Å²) in [6.07, 6.45) is 7.30. The summed E-state index contributed by atoms with van der Waals surface area (Å²) in [6.45, 7) is 4.46. The molecule has 0 unspecified atom stereocenters. The first-order valence-electron chi connectivity index (χ1n) is 10.2. The van der Waals surface area contributed by atoms with Crippen LogP contribution in [-0.2, 0) is 11.3 Å². The molecule has 3 rings (SSSR count). The molecule has 0 spiro atoms. The number of nitrogens with one attached hydrogen (secondary N) is 1. The molecule has 2 aromatic rings. The Balaban J connectivity index is 1.54. The third kappa shape index (κ3) is 6.04. The second kappa shape index (κ2) is 10.6. The van der Waals surface area contributed by atoms with E-state index in [0.717, 1.165) is 25.1 Å². The number of aromatic nitrogens is 2. The highest BCUT2D eigenvalue weighted by atomic mass is 35.5. The van der Waals surface area contributed by atoms with E-state index in [0.29, 0.717) is 35.8 Å². The molecule has 1 amide bonds. The minimum atomic E-state index is 0.0601. The van der Waals surface area contributed by atoms with Gasteiger partial charge < -0.3 is 9.73 Å². The highest BCUT2D eigenvalue weighted by molar-refractivity contribution is 6.33. The lowest BCUT2D eigenvalue weighted by Crippen LogP contribution is -2.39. The van der Waals surface area contributed by atoms with Gasteiger partial charge in [-0.3, -0.25) is 9.69 Å². The van der Waals surface area contributed by atoms with Crippen molar-refractivity contribution in [3.05, 3.63) is 35.2 Å². The molecule has 152 valence electrons. The number of carbonyl (C=O) groups is 1. The van der Waals surface area contributed by atoms with Crippen LogP contribution in [0.15, 0.2) is 28.7 Å². The first-order valence-corrected chi connectivity index (χ1v) is 10.6. The van der Waals surface area contributed by atoms with Crippen molar-refractivity contribution in [3.8, 4) is 11.5 Å². The molecule has 1 N–H and O–H groups in total. The van der Waals surface area contributed by atoms with Crippen molar-refractivity contribution in [1.82, 2.24) is 20.4 Å². The van der Waals surface area contributed by atoms with Crippen LogP contribution >= 0.6 is 11.6 Å². The largest absolute Gasteiger partial charge is 0.419 e. The van der Waals surface area contributed by atoms with Crippen LogP contribution in [0, 0.1) is 5.92 Å². The Morgan fingerprint density at radius 2 is 2.04 bits per heavy atom. The van der Waals surface area contributed by atoms with Crippen molar-refractivity contribution in [1.29, 1.82) is 0 Å². The van der Waals surface area contributed by atoms with Crippen molar-refractivity contribution in [3.63, 3.8) is 0 Å². The molecule has 0 aliphatic heterocycles. The number of nitrogens with zero attached hydrogens (tertiary/aromatic N) is 3. The normalized spacial score (nSPS) is 15.1. The van der Waals surface area contributed by atoms with Gasteiger partial charge in [-0.05, 0) is 43.9 Å². The number of rotatable bonds is 9. The molecule has 1 aromatic carbocycles.